The third-order valence-electron chi connectivity index (χ3n) is 11.2. The fourth-order valence-electron chi connectivity index (χ4n) is 7.33. The maximum absolute atomic E-state index is 12.9. The summed E-state index contributed by atoms with van der Waals surface area (Å²) in [7, 11) is 1.27. The van der Waals surface area contributed by atoms with Crippen molar-refractivity contribution in [1.82, 2.24) is 5.32 Å². The number of rotatable bonds is 45. The van der Waals surface area contributed by atoms with Crippen LogP contribution in [-0.4, -0.2) is 68.5 Å². The summed E-state index contributed by atoms with van der Waals surface area (Å²) in [4.78, 5) is 25.4. The molecule has 0 heterocycles. The molecule has 0 aromatic rings. The zero-order chi connectivity index (χ0) is 42.1. The predicted molar refractivity (Wildman–Crippen MR) is 242 cm³/mol. The molecule has 0 aliphatic heterocycles. The van der Waals surface area contributed by atoms with Crippen LogP contribution in [0.5, 0.6) is 0 Å². The number of likely N-dealkylation sites (N-methyl/N-ethyl adjacent to an activating group) is 1. The Hall–Kier alpha value is -0.760. The largest absolute Gasteiger partial charge is 0.756 e. The fraction of sp³-hybridized carbons (Fsp3) is 0.938. The van der Waals surface area contributed by atoms with Crippen LogP contribution in [0.1, 0.15) is 239 Å². The highest BCUT2D eigenvalue weighted by Gasteiger charge is 2.23. The van der Waals surface area contributed by atoms with E-state index in [9.17, 15) is 19.4 Å². The standard InChI is InChI=1S/C48H97N2O6P/c1-6-8-10-12-14-16-18-20-22-23-24-25-26-28-30-32-34-36-38-40-42-48(52)49-46(45-56-57(53,54)55-44-43-50(3,4)5)47(51)41-39-37-35-33-31-29-27-21-19-17-15-13-11-9-7-2/h39,41,46-47,51H,6-38,40,42-45H2,1-5H3,(H-,49,52,53,54)/b41-39+. The summed E-state index contributed by atoms with van der Waals surface area (Å²) in [6.45, 7) is 4.67. The van der Waals surface area contributed by atoms with Gasteiger partial charge in [0, 0.05) is 6.42 Å². The van der Waals surface area contributed by atoms with E-state index in [4.69, 9.17) is 9.05 Å². The Morgan fingerprint density at radius 2 is 0.947 bits per heavy atom. The van der Waals surface area contributed by atoms with Crippen LogP contribution in [0.4, 0.5) is 0 Å². The summed E-state index contributed by atoms with van der Waals surface area (Å²) in [5.41, 5.74) is 0. The molecule has 0 aromatic heterocycles. The number of amides is 1. The second-order valence-corrected chi connectivity index (χ2v) is 19.6. The van der Waals surface area contributed by atoms with Gasteiger partial charge in [-0.2, -0.15) is 0 Å². The number of nitrogens with zero attached hydrogens (tertiary/aromatic N) is 1. The minimum absolute atomic E-state index is 0.00231. The molecule has 340 valence electrons. The van der Waals surface area contributed by atoms with Gasteiger partial charge in [0.15, 0.2) is 0 Å². The van der Waals surface area contributed by atoms with E-state index in [-0.39, 0.29) is 19.1 Å². The molecule has 0 aliphatic carbocycles. The monoisotopic (exact) mass is 829 g/mol. The number of quaternary nitrogens is 1. The van der Waals surface area contributed by atoms with Gasteiger partial charge in [0.1, 0.15) is 13.2 Å². The summed E-state index contributed by atoms with van der Waals surface area (Å²) < 4.78 is 23.2. The molecule has 3 atom stereocenters. The van der Waals surface area contributed by atoms with Gasteiger partial charge in [-0.3, -0.25) is 9.36 Å². The number of hydrogen-bond acceptors (Lipinski definition) is 6. The van der Waals surface area contributed by atoms with Crippen molar-refractivity contribution in [3.05, 3.63) is 12.2 Å². The van der Waals surface area contributed by atoms with Crippen molar-refractivity contribution in [2.75, 3.05) is 40.9 Å². The van der Waals surface area contributed by atoms with E-state index in [1.165, 1.54) is 180 Å². The van der Waals surface area contributed by atoms with Crippen LogP contribution in [0, 0.1) is 0 Å². The van der Waals surface area contributed by atoms with Crippen LogP contribution >= 0.6 is 7.82 Å². The van der Waals surface area contributed by atoms with Gasteiger partial charge < -0.3 is 28.8 Å². The van der Waals surface area contributed by atoms with E-state index in [1.54, 1.807) is 6.08 Å². The Kier molecular flexibility index (Phi) is 40.1. The van der Waals surface area contributed by atoms with E-state index in [0.29, 0.717) is 17.4 Å². The highest BCUT2D eigenvalue weighted by Crippen LogP contribution is 2.38. The average Bonchev–Trinajstić information content (AvgIpc) is 3.16. The number of aliphatic hydroxyl groups excluding tert-OH is 1. The van der Waals surface area contributed by atoms with Gasteiger partial charge in [0.05, 0.1) is 39.9 Å². The van der Waals surface area contributed by atoms with Gasteiger partial charge in [-0.05, 0) is 19.3 Å². The Morgan fingerprint density at radius 1 is 0.596 bits per heavy atom. The van der Waals surface area contributed by atoms with Crippen LogP contribution < -0.4 is 10.2 Å². The molecule has 2 N–H and O–H groups in total. The molecule has 0 rings (SSSR count). The number of carbonyl (C=O) groups excluding carboxylic acids is 1. The molecule has 0 radical (unpaired) electrons. The summed E-state index contributed by atoms with van der Waals surface area (Å²) >= 11 is 0. The number of carbonyl (C=O) groups is 1. The van der Waals surface area contributed by atoms with E-state index in [2.05, 4.69) is 19.2 Å². The molecule has 0 saturated heterocycles. The zero-order valence-electron chi connectivity index (χ0n) is 38.6. The van der Waals surface area contributed by atoms with Gasteiger partial charge in [-0.15, -0.1) is 0 Å². The van der Waals surface area contributed by atoms with Crippen molar-refractivity contribution in [2.45, 2.75) is 251 Å². The minimum atomic E-state index is -4.58. The van der Waals surface area contributed by atoms with Crippen molar-refractivity contribution in [3.63, 3.8) is 0 Å². The first kappa shape index (κ1) is 56.2. The molecule has 0 bridgehead atoms. The number of nitrogens with one attached hydrogen (secondary N) is 1. The molecule has 0 fully saturated rings. The average molecular weight is 829 g/mol. The van der Waals surface area contributed by atoms with Gasteiger partial charge in [0.2, 0.25) is 5.91 Å². The van der Waals surface area contributed by atoms with E-state index < -0.39 is 20.0 Å². The number of phosphoric ester groups is 1. The third-order valence-corrected chi connectivity index (χ3v) is 12.2. The highest BCUT2D eigenvalue weighted by atomic mass is 31.2. The van der Waals surface area contributed by atoms with Crippen LogP contribution in [-0.2, 0) is 18.4 Å². The zero-order valence-corrected chi connectivity index (χ0v) is 39.5. The van der Waals surface area contributed by atoms with Crippen molar-refractivity contribution in [2.24, 2.45) is 0 Å². The Bertz CT molecular complexity index is 942. The van der Waals surface area contributed by atoms with Crippen molar-refractivity contribution in [1.29, 1.82) is 0 Å². The van der Waals surface area contributed by atoms with Crippen LogP contribution in [0.2, 0.25) is 0 Å². The molecule has 0 aliphatic rings. The van der Waals surface area contributed by atoms with Crippen molar-refractivity contribution < 1.29 is 32.9 Å². The minimum Gasteiger partial charge on any atom is -0.756 e. The van der Waals surface area contributed by atoms with Crippen molar-refractivity contribution >= 4 is 13.7 Å². The fourth-order valence-corrected chi connectivity index (χ4v) is 8.05. The maximum Gasteiger partial charge on any atom is 0.268 e. The molecule has 0 saturated carbocycles. The molecular formula is C48H97N2O6P. The van der Waals surface area contributed by atoms with Crippen molar-refractivity contribution in [3.8, 4) is 0 Å². The van der Waals surface area contributed by atoms with Gasteiger partial charge in [-0.25, -0.2) is 0 Å². The lowest BCUT2D eigenvalue weighted by molar-refractivity contribution is -0.870. The second-order valence-electron chi connectivity index (χ2n) is 18.2. The maximum atomic E-state index is 12.9. The first-order chi connectivity index (χ1) is 27.5. The smallest absolute Gasteiger partial charge is 0.268 e. The Balaban J connectivity index is 4.29. The quantitative estimate of drug-likeness (QED) is 0.0274. The number of hydrogen-bond donors (Lipinski definition) is 2. The summed E-state index contributed by atoms with van der Waals surface area (Å²) in [6, 6.07) is -0.880. The molecular weight excluding hydrogens is 732 g/mol. The topological polar surface area (TPSA) is 108 Å². The van der Waals surface area contributed by atoms with E-state index in [1.807, 2.05) is 27.2 Å². The van der Waals surface area contributed by atoms with Gasteiger partial charge >= 0.3 is 0 Å². The molecule has 3 unspecified atom stereocenters. The molecule has 8 nitrogen and oxygen atoms in total. The first-order valence-electron chi connectivity index (χ1n) is 24.6. The molecule has 0 spiro atoms. The van der Waals surface area contributed by atoms with E-state index >= 15 is 0 Å². The summed E-state index contributed by atoms with van der Waals surface area (Å²) in [5, 5.41) is 13.8. The lowest BCUT2D eigenvalue weighted by Crippen LogP contribution is -2.45. The lowest BCUT2D eigenvalue weighted by atomic mass is 10.0. The van der Waals surface area contributed by atoms with E-state index in [0.717, 1.165) is 38.5 Å². The normalized spacial score (nSPS) is 14.3. The SMILES string of the molecule is CCCCCCCCCCCCCCC/C=C/C(O)C(COP(=O)([O-])OCC[N+](C)(C)C)NC(=O)CCCCCCCCCCCCCCCCCCCCCC. The summed E-state index contributed by atoms with van der Waals surface area (Å²) in [6.07, 6.45) is 46.8. The second kappa shape index (κ2) is 40.6. The summed E-state index contributed by atoms with van der Waals surface area (Å²) in [5.74, 6) is -0.193. The number of allylic oxidation sites excluding steroid dienone is 1. The molecule has 9 heteroatoms. The van der Waals surface area contributed by atoms with Crippen LogP contribution in [0.25, 0.3) is 0 Å². The molecule has 1 amide bonds. The third kappa shape index (κ3) is 43.1. The predicted octanol–water partition coefficient (Wildman–Crippen LogP) is 13.3. The van der Waals surface area contributed by atoms with Gasteiger partial charge in [0.25, 0.3) is 7.82 Å². The number of aliphatic hydroxyl groups is 1. The molecule has 0 aromatic carbocycles. The molecule has 57 heavy (non-hydrogen) atoms. The Labute approximate surface area is 354 Å². The number of phosphoric acid groups is 1. The first-order valence-corrected chi connectivity index (χ1v) is 26.0. The van der Waals surface area contributed by atoms with Crippen LogP contribution in [0.15, 0.2) is 12.2 Å². The number of unbranched alkanes of at least 4 members (excludes halogenated alkanes) is 32. The van der Waals surface area contributed by atoms with Crippen LogP contribution in [0.3, 0.4) is 0 Å². The van der Waals surface area contributed by atoms with Gasteiger partial charge in [-0.1, -0.05) is 225 Å². The lowest BCUT2D eigenvalue weighted by Gasteiger charge is -2.29. The highest BCUT2D eigenvalue weighted by molar-refractivity contribution is 7.45. The Morgan fingerprint density at radius 3 is 1.32 bits per heavy atom.